The van der Waals surface area contributed by atoms with Crippen molar-refractivity contribution >= 4 is 17.6 Å². The van der Waals surface area contributed by atoms with Gasteiger partial charge in [0.1, 0.15) is 17.4 Å². The van der Waals surface area contributed by atoms with Gasteiger partial charge < -0.3 is 19.7 Å². The van der Waals surface area contributed by atoms with Gasteiger partial charge in [-0.3, -0.25) is 9.59 Å². The summed E-state index contributed by atoms with van der Waals surface area (Å²) in [5.74, 6) is -0.220. The first-order chi connectivity index (χ1) is 15.0. The van der Waals surface area contributed by atoms with Crippen LogP contribution < -0.4 is 15.0 Å². The summed E-state index contributed by atoms with van der Waals surface area (Å²) in [6, 6.07) is 22.6. The molecule has 6 nitrogen and oxygen atoms in total. The number of hydrogen-bond acceptors (Lipinski definition) is 5. The lowest BCUT2D eigenvalue weighted by atomic mass is 9.88. The largest absolute Gasteiger partial charge is 0.457 e. The number of benzene rings is 3. The SMILES string of the molecule is CN(C)c1ccc(CNC(=O)COC(=O)C2c3ccccc3Oc3ccccc32)cc1. The highest BCUT2D eigenvalue weighted by Gasteiger charge is 2.33. The van der Waals surface area contributed by atoms with E-state index in [0.717, 1.165) is 22.4 Å². The number of rotatable bonds is 6. The van der Waals surface area contributed by atoms with Gasteiger partial charge in [-0.1, -0.05) is 48.5 Å². The summed E-state index contributed by atoms with van der Waals surface area (Å²) in [6.07, 6.45) is 0. The van der Waals surface area contributed by atoms with Gasteiger partial charge in [0, 0.05) is 37.5 Å². The quantitative estimate of drug-likeness (QED) is 0.619. The molecule has 0 unspecified atom stereocenters. The highest BCUT2D eigenvalue weighted by Crippen LogP contribution is 2.44. The maximum Gasteiger partial charge on any atom is 0.318 e. The van der Waals surface area contributed by atoms with Crippen LogP contribution in [0.5, 0.6) is 11.5 Å². The lowest BCUT2D eigenvalue weighted by Gasteiger charge is -2.26. The van der Waals surface area contributed by atoms with E-state index in [1.54, 1.807) is 0 Å². The fourth-order valence-corrected chi connectivity index (χ4v) is 3.55. The molecule has 0 atom stereocenters. The average molecular weight is 416 g/mol. The van der Waals surface area contributed by atoms with Crippen LogP contribution in [-0.4, -0.2) is 32.6 Å². The third kappa shape index (κ3) is 4.53. The van der Waals surface area contributed by atoms with Gasteiger partial charge in [0.2, 0.25) is 0 Å². The smallest absolute Gasteiger partial charge is 0.318 e. The van der Waals surface area contributed by atoms with E-state index in [0.29, 0.717) is 18.0 Å². The summed E-state index contributed by atoms with van der Waals surface area (Å²) in [5, 5.41) is 2.79. The zero-order valence-electron chi connectivity index (χ0n) is 17.5. The highest BCUT2D eigenvalue weighted by atomic mass is 16.5. The van der Waals surface area contributed by atoms with Crippen molar-refractivity contribution in [3.8, 4) is 11.5 Å². The zero-order chi connectivity index (χ0) is 21.8. The van der Waals surface area contributed by atoms with Crippen molar-refractivity contribution in [3.05, 3.63) is 89.5 Å². The maximum absolute atomic E-state index is 12.9. The van der Waals surface area contributed by atoms with Gasteiger partial charge in [0.15, 0.2) is 6.61 Å². The Bertz CT molecular complexity index is 1050. The number of carbonyl (C=O) groups is 2. The molecular weight excluding hydrogens is 392 g/mol. The number of hydrogen-bond donors (Lipinski definition) is 1. The van der Waals surface area contributed by atoms with Crippen LogP contribution in [-0.2, 0) is 20.9 Å². The second-order valence-corrected chi connectivity index (χ2v) is 7.56. The van der Waals surface area contributed by atoms with Crippen molar-refractivity contribution < 1.29 is 19.1 Å². The maximum atomic E-state index is 12.9. The monoisotopic (exact) mass is 416 g/mol. The van der Waals surface area contributed by atoms with E-state index >= 15 is 0 Å². The van der Waals surface area contributed by atoms with Crippen molar-refractivity contribution in [1.82, 2.24) is 5.32 Å². The number of carbonyl (C=O) groups excluding carboxylic acids is 2. The molecule has 0 aromatic heterocycles. The molecule has 6 heteroatoms. The number of amides is 1. The van der Waals surface area contributed by atoms with Gasteiger partial charge in [0.05, 0.1) is 0 Å². The molecular formula is C25H24N2O4. The third-order valence-electron chi connectivity index (χ3n) is 5.20. The summed E-state index contributed by atoms with van der Waals surface area (Å²) >= 11 is 0. The molecule has 1 aliphatic heterocycles. The summed E-state index contributed by atoms with van der Waals surface area (Å²) < 4.78 is 11.3. The van der Waals surface area contributed by atoms with E-state index in [4.69, 9.17) is 9.47 Å². The molecule has 31 heavy (non-hydrogen) atoms. The summed E-state index contributed by atoms with van der Waals surface area (Å²) in [7, 11) is 3.95. The fraction of sp³-hybridized carbons (Fsp3) is 0.200. The van der Waals surface area contributed by atoms with Gasteiger partial charge in [0.25, 0.3) is 5.91 Å². The Morgan fingerprint density at radius 1 is 0.903 bits per heavy atom. The van der Waals surface area contributed by atoms with Crippen molar-refractivity contribution in [2.75, 3.05) is 25.6 Å². The van der Waals surface area contributed by atoms with Gasteiger partial charge in [-0.2, -0.15) is 0 Å². The van der Waals surface area contributed by atoms with Crippen LogP contribution in [0.1, 0.15) is 22.6 Å². The van der Waals surface area contributed by atoms with Crippen LogP contribution in [0.15, 0.2) is 72.8 Å². The molecule has 0 saturated carbocycles. The summed E-state index contributed by atoms with van der Waals surface area (Å²) in [5.41, 5.74) is 3.51. The lowest BCUT2D eigenvalue weighted by Crippen LogP contribution is -2.30. The second kappa shape index (κ2) is 8.92. The Labute approximate surface area is 181 Å². The normalized spacial score (nSPS) is 12.2. The van der Waals surface area contributed by atoms with Gasteiger partial charge in [-0.25, -0.2) is 0 Å². The Morgan fingerprint density at radius 3 is 2.06 bits per heavy atom. The Balaban J connectivity index is 1.38. The lowest BCUT2D eigenvalue weighted by molar-refractivity contribution is -0.149. The Hall–Kier alpha value is -3.80. The topological polar surface area (TPSA) is 67.9 Å². The van der Waals surface area contributed by atoms with E-state index < -0.39 is 11.9 Å². The van der Waals surface area contributed by atoms with Crippen LogP contribution in [0.4, 0.5) is 5.69 Å². The fourth-order valence-electron chi connectivity index (χ4n) is 3.55. The minimum Gasteiger partial charge on any atom is -0.457 e. The number of nitrogens with zero attached hydrogens (tertiary/aromatic N) is 1. The van der Waals surface area contributed by atoms with Crippen LogP contribution in [0.25, 0.3) is 0 Å². The number of esters is 1. The van der Waals surface area contributed by atoms with E-state index in [1.807, 2.05) is 91.8 Å². The average Bonchev–Trinajstić information content (AvgIpc) is 2.79. The zero-order valence-corrected chi connectivity index (χ0v) is 17.5. The first kappa shape index (κ1) is 20.5. The molecule has 1 amide bonds. The standard InChI is InChI=1S/C25H24N2O4/c1-27(2)18-13-11-17(12-14-18)15-26-23(28)16-30-25(29)24-19-7-3-5-9-21(19)31-22-10-6-4-8-20(22)24/h3-14,24H,15-16H2,1-2H3,(H,26,28). The van der Waals surface area contributed by atoms with Gasteiger partial charge in [-0.05, 0) is 29.8 Å². The predicted octanol–water partition coefficient (Wildman–Crippen LogP) is 3.85. The summed E-state index contributed by atoms with van der Waals surface area (Å²) in [6.45, 7) is 0.0311. The third-order valence-corrected chi connectivity index (χ3v) is 5.20. The molecule has 0 radical (unpaired) electrons. The van der Waals surface area contributed by atoms with Crippen molar-refractivity contribution in [2.45, 2.75) is 12.5 Å². The first-order valence-corrected chi connectivity index (χ1v) is 10.1. The van der Waals surface area contributed by atoms with E-state index in [9.17, 15) is 9.59 Å². The number of nitrogens with one attached hydrogen (secondary N) is 1. The molecule has 4 rings (SSSR count). The van der Waals surface area contributed by atoms with Gasteiger partial charge >= 0.3 is 5.97 Å². The molecule has 158 valence electrons. The molecule has 3 aromatic carbocycles. The van der Waals surface area contributed by atoms with Crippen molar-refractivity contribution in [2.24, 2.45) is 0 Å². The molecule has 1 N–H and O–H groups in total. The number of fused-ring (bicyclic) bond motifs is 2. The Morgan fingerprint density at radius 2 is 1.48 bits per heavy atom. The van der Waals surface area contributed by atoms with Crippen LogP contribution >= 0.6 is 0 Å². The number of para-hydroxylation sites is 2. The number of anilines is 1. The first-order valence-electron chi connectivity index (χ1n) is 10.1. The molecule has 3 aromatic rings. The number of ether oxygens (including phenoxy) is 2. The summed E-state index contributed by atoms with van der Waals surface area (Å²) in [4.78, 5) is 27.2. The molecule has 0 bridgehead atoms. The predicted molar refractivity (Wildman–Crippen MR) is 118 cm³/mol. The molecule has 0 saturated heterocycles. The molecule has 1 heterocycles. The van der Waals surface area contributed by atoms with E-state index in [2.05, 4.69) is 5.32 Å². The van der Waals surface area contributed by atoms with Crippen LogP contribution in [0.2, 0.25) is 0 Å². The van der Waals surface area contributed by atoms with Gasteiger partial charge in [-0.15, -0.1) is 0 Å². The molecule has 1 aliphatic rings. The highest BCUT2D eigenvalue weighted by molar-refractivity contribution is 5.87. The molecule has 0 fully saturated rings. The Kier molecular flexibility index (Phi) is 5.89. The minimum absolute atomic E-state index is 0.337. The van der Waals surface area contributed by atoms with Crippen molar-refractivity contribution in [3.63, 3.8) is 0 Å². The van der Waals surface area contributed by atoms with E-state index in [-0.39, 0.29) is 12.5 Å². The minimum atomic E-state index is -0.632. The van der Waals surface area contributed by atoms with Crippen molar-refractivity contribution in [1.29, 1.82) is 0 Å². The second-order valence-electron chi connectivity index (χ2n) is 7.56. The van der Waals surface area contributed by atoms with E-state index in [1.165, 1.54) is 0 Å². The van der Waals surface area contributed by atoms with Crippen LogP contribution in [0.3, 0.4) is 0 Å². The molecule has 0 aliphatic carbocycles. The van der Waals surface area contributed by atoms with Crippen LogP contribution in [0, 0.1) is 0 Å². The molecule has 0 spiro atoms.